The van der Waals surface area contributed by atoms with E-state index in [2.05, 4.69) is 10.4 Å². The molecule has 0 aromatic carbocycles. The molecule has 1 saturated heterocycles. The number of hydrogen-bond acceptors (Lipinski definition) is 3. The van der Waals surface area contributed by atoms with Gasteiger partial charge in [-0.15, -0.1) is 0 Å². The van der Waals surface area contributed by atoms with Crippen LogP contribution in [0.5, 0.6) is 0 Å². The Bertz CT molecular complexity index is 351. The van der Waals surface area contributed by atoms with E-state index in [0.717, 1.165) is 19.4 Å². The van der Waals surface area contributed by atoms with Gasteiger partial charge in [0.15, 0.2) is 0 Å². The molecule has 0 bridgehead atoms. The van der Waals surface area contributed by atoms with Crippen molar-refractivity contribution in [3.8, 4) is 0 Å². The van der Waals surface area contributed by atoms with Crippen molar-refractivity contribution >= 4 is 5.91 Å². The lowest BCUT2D eigenvalue weighted by Gasteiger charge is -2.27. The largest absolute Gasteiger partial charge is 0.378 e. The van der Waals surface area contributed by atoms with Gasteiger partial charge in [0.1, 0.15) is 0 Å². The number of ether oxygens (including phenoxy) is 1. The Morgan fingerprint density at radius 3 is 3.24 bits per heavy atom. The van der Waals surface area contributed by atoms with Crippen LogP contribution in [-0.2, 0) is 16.1 Å². The minimum absolute atomic E-state index is 0.00127. The van der Waals surface area contributed by atoms with Gasteiger partial charge in [-0.2, -0.15) is 5.10 Å². The van der Waals surface area contributed by atoms with Gasteiger partial charge in [-0.1, -0.05) is 0 Å². The summed E-state index contributed by atoms with van der Waals surface area (Å²) in [7, 11) is 0. The van der Waals surface area contributed by atoms with E-state index in [1.807, 2.05) is 19.2 Å². The lowest BCUT2D eigenvalue weighted by atomic mass is 9.94. The molecule has 94 valence electrons. The molecule has 17 heavy (non-hydrogen) atoms. The van der Waals surface area contributed by atoms with Crippen LogP contribution in [0.25, 0.3) is 0 Å². The summed E-state index contributed by atoms with van der Waals surface area (Å²) >= 11 is 0. The molecule has 1 amide bonds. The van der Waals surface area contributed by atoms with Gasteiger partial charge in [0, 0.05) is 25.5 Å². The zero-order valence-corrected chi connectivity index (χ0v) is 10.1. The van der Waals surface area contributed by atoms with Crippen LogP contribution in [0, 0.1) is 5.92 Å². The Hall–Kier alpha value is -1.36. The van der Waals surface area contributed by atoms with Crippen molar-refractivity contribution < 1.29 is 9.53 Å². The molecule has 1 aliphatic heterocycles. The Morgan fingerprint density at radius 1 is 1.65 bits per heavy atom. The fraction of sp³-hybridized carbons (Fsp3) is 0.667. The average molecular weight is 237 g/mol. The molecule has 0 aliphatic carbocycles. The third-order valence-electron chi connectivity index (χ3n) is 3.14. The van der Waals surface area contributed by atoms with Crippen LogP contribution < -0.4 is 5.32 Å². The second-order valence-electron chi connectivity index (χ2n) is 4.38. The van der Waals surface area contributed by atoms with Crippen molar-refractivity contribution in [3.05, 3.63) is 18.5 Å². The predicted molar refractivity (Wildman–Crippen MR) is 63.4 cm³/mol. The number of aromatic nitrogens is 2. The van der Waals surface area contributed by atoms with Gasteiger partial charge < -0.3 is 10.1 Å². The predicted octanol–water partition coefficient (Wildman–Crippen LogP) is 0.814. The fourth-order valence-electron chi connectivity index (χ4n) is 2.13. The first-order valence-electron chi connectivity index (χ1n) is 6.14. The molecule has 1 N–H and O–H groups in total. The van der Waals surface area contributed by atoms with Crippen molar-refractivity contribution in [2.75, 3.05) is 13.2 Å². The van der Waals surface area contributed by atoms with E-state index in [0.29, 0.717) is 13.1 Å². The van der Waals surface area contributed by atoms with Gasteiger partial charge in [0.05, 0.1) is 18.6 Å². The number of carbonyl (C=O) groups is 1. The molecule has 5 nitrogen and oxygen atoms in total. The smallest absolute Gasteiger partial charge is 0.225 e. The summed E-state index contributed by atoms with van der Waals surface area (Å²) in [5.41, 5.74) is 0. The van der Waals surface area contributed by atoms with Crippen LogP contribution >= 0.6 is 0 Å². The van der Waals surface area contributed by atoms with Crippen molar-refractivity contribution in [2.24, 2.45) is 5.92 Å². The molecule has 0 saturated carbocycles. The normalized spacial score (nSPS) is 24.5. The maximum Gasteiger partial charge on any atom is 0.225 e. The number of nitrogens with one attached hydrogen (secondary N) is 1. The molecule has 1 aromatic heterocycles. The van der Waals surface area contributed by atoms with E-state index in [1.54, 1.807) is 10.9 Å². The molecule has 0 radical (unpaired) electrons. The molecule has 5 heteroatoms. The van der Waals surface area contributed by atoms with Crippen LogP contribution in [0.15, 0.2) is 18.5 Å². The molecular weight excluding hydrogens is 218 g/mol. The molecular formula is C12H19N3O2. The molecule has 1 aromatic rings. The molecule has 0 spiro atoms. The first kappa shape index (κ1) is 12.1. The standard InChI is InChI=1S/C12H19N3O2/c1-10-11(4-2-9-17-10)12(16)13-6-8-15-7-3-5-14-15/h3,5,7,10-11H,2,4,6,8-9H2,1H3,(H,13,16)/t10-,11-/m0/s1. The molecule has 1 aliphatic rings. The summed E-state index contributed by atoms with van der Waals surface area (Å²) in [5.74, 6) is 0.103. The lowest BCUT2D eigenvalue weighted by molar-refractivity contribution is -0.133. The summed E-state index contributed by atoms with van der Waals surface area (Å²) in [4.78, 5) is 11.9. The first-order valence-corrected chi connectivity index (χ1v) is 6.14. The molecule has 1 fully saturated rings. The van der Waals surface area contributed by atoms with E-state index in [1.165, 1.54) is 0 Å². The highest BCUT2D eigenvalue weighted by molar-refractivity contribution is 5.79. The maximum absolute atomic E-state index is 11.9. The summed E-state index contributed by atoms with van der Waals surface area (Å²) in [5, 5.41) is 7.02. The number of hydrogen-bond donors (Lipinski definition) is 1. The highest BCUT2D eigenvalue weighted by atomic mass is 16.5. The summed E-state index contributed by atoms with van der Waals surface area (Å²) in [6.07, 6.45) is 5.56. The fourth-order valence-corrected chi connectivity index (χ4v) is 2.13. The topological polar surface area (TPSA) is 56.1 Å². The Morgan fingerprint density at radius 2 is 2.53 bits per heavy atom. The third kappa shape index (κ3) is 3.30. The van der Waals surface area contributed by atoms with Crippen LogP contribution in [0.2, 0.25) is 0 Å². The molecule has 2 heterocycles. The minimum atomic E-state index is 0.00127. The van der Waals surface area contributed by atoms with Gasteiger partial charge >= 0.3 is 0 Å². The highest BCUT2D eigenvalue weighted by Crippen LogP contribution is 2.20. The summed E-state index contributed by atoms with van der Waals surface area (Å²) in [6.45, 7) is 4.07. The van der Waals surface area contributed by atoms with E-state index < -0.39 is 0 Å². The SMILES string of the molecule is C[C@@H]1OCCC[C@@H]1C(=O)NCCn1cccn1. The van der Waals surface area contributed by atoms with Crippen LogP contribution in [0.4, 0.5) is 0 Å². The van der Waals surface area contributed by atoms with E-state index in [4.69, 9.17) is 4.74 Å². The van der Waals surface area contributed by atoms with Crippen molar-refractivity contribution in [1.82, 2.24) is 15.1 Å². The zero-order chi connectivity index (χ0) is 12.1. The number of amides is 1. The van der Waals surface area contributed by atoms with E-state index in [-0.39, 0.29) is 17.9 Å². The van der Waals surface area contributed by atoms with Crippen molar-refractivity contribution in [2.45, 2.75) is 32.4 Å². The van der Waals surface area contributed by atoms with Gasteiger partial charge in [0.2, 0.25) is 5.91 Å². The Labute approximate surface area is 101 Å². The highest BCUT2D eigenvalue weighted by Gasteiger charge is 2.28. The van der Waals surface area contributed by atoms with Crippen molar-refractivity contribution in [1.29, 1.82) is 0 Å². The monoisotopic (exact) mass is 237 g/mol. The van der Waals surface area contributed by atoms with E-state index >= 15 is 0 Å². The van der Waals surface area contributed by atoms with Crippen LogP contribution in [0.3, 0.4) is 0 Å². The van der Waals surface area contributed by atoms with Crippen LogP contribution in [-0.4, -0.2) is 34.9 Å². The number of rotatable bonds is 4. The number of carbonyl (C=O) groups excluding carboxylic acids is 1. The first-order chi connectivity index (χ1) is 8.27. The molecule has 0 unspecified atom stereocenters. The minimum Gasteiger partial charge on any atom is -0.378 e. The molecule has 2 atom stereocenters. The van der Waals surface area contributed by atoms with Gasteiger partial charge in [-0.25, -0.2) is 0 Å². The summed E-state index contributed by atoms with van der Waals surface area (Å²) < 4.78 is 7.29. The van der Waals surface area contributed by atoms with Crippen LogP contribution in [0.1, 0.15) is 19.8 Å². The second-order valence-corrected chi connectivity index (χ2v) is 4.38. The lowest BCUT2D eigenvalue weighted by Crippen LogP contribution is -2.41. The zero-order valence-electron chi connectivity index (χ0n) is 10.1. The quantitative estimate of drug-likeness (QED) is 0.843. The second kappa shape index (κ2) is 5.82. The van der Waals surface area contributed by atoms with Gasteiger partial charge in [0.25, 0.3) is 0 Å². The Balaban J connectivity index is 1.73. The van der Waals surface area contributed by atoms with Crippen molar-refractivity contribution in [3.63, 3.8) is 0 Å². The maximum atomic E-state index is 11.9. The Kier molecular flexibility index (Phi) is 4.14. The average Bonchev–Trinajstić information content (AvgIpc) is 2.82. The molecule has 2 rings (SSSR count). The van der Waals surface area contributed by atoms with Gasteiger partial charge in [-0.05, 0) is 25.8 Å². The van der Waals surface area contributed by atoms with Gasteiger partial charge in [-0.3, -0.25) is 9.48 Å². The van der Waals surface area contributed by atoms with E-state index in [9.17, 15) is 4.79 Å². The third-order valence-corrected chi connectivity index (χ3v) is 3.14. The number of nitrogens with zero attached hydrogens (tertiary/aromatic N) is 2. The summed E-state index contributed by atoms with van der Waals surface area (Å²) in [6, 6.07) is 1.87.